The smallest absolute Gasteiger partial charge is 0.161 e. The maximum atomic E-state index is 5.99. The fourth-order valence-corrected chi connectivity index (χ4v) is 3.09. The van der Waals surface area contributed by atoms with Crippen LogP contribution in [-0.2, 0) is 19.7 Å². The van der Waals surface area contributed by atoms with E-state index < -0.39 is 0 Å². The number of aromatic nitrogens is 2. The molecular formula is C23H24ClN3O2. The van der Waals surface area contributed by atoms with E-state index in [1.165, 1.54) is 0 Å². The van der Waals surface area contributed by atoms with Crippen LogP contribution in [0.3, 0.4) is 0 Å². The number of methoxy groups -OCH3 is 1. The van der Waals surface area contributed by atoms with Crippen LogP contribution >= 0.6 is 12.4 Å². The monoisotopic (exact) mass is 409 g/mol. The zero-order valence-corrected chi connectivity index (χ0v) is 17.1. The van der Waals surface area contributed by atoms with Crippen molar-refractivity contribution in [2.75, 3.05) is 7.11 Å². The van der Waals surface area contributed by atoms with Gasteiger partial charge in [0.2, 0.25) is 0 Å². The molecule has 5 nitrogen and oxygen atoms in total. The number of imidazole rings is 1. The number of nitrogens with one attached hydrogen (secondary N) is 1. The molecule has 150 valence electrons. The number of fused-ring (bicyclic) bond motifs is 1. The maximum Gasteiger partial charge on any atom is 0.161 e. The molecule has 0 radical (unpaired) electrons. The van der Waals surface area contributed by atoms with Gasteiger partial charge in [0.25, 0.3) is 0 Å². The third-order valence-electron chi connectivity index (χ3n) is 4.51. The van der Waals surface area contributed by atoms with Crippen molar-refractivity contribution >= 4 is 18.1 Å². The van der Waals surface area contributed by atoms with Crippen LogP contribution in [0.4, 0.5) is 0 Å². The molecule has 0 saturated carbocycles. The first-order valence-corrected chi connectivity index (χ1v) is 9.29. The number of ether oxygens (including phenoxy) is 2. The van der Waals surface area contributed by atoms with Crippen molar-refractivity contribution in [3.05, 3.63) is 95.9 Å². The largest absolute Gasteiger partial charge is 0.493 e. The van der Waals surface area contributed by atoms with Gasteiger partial charge in [0.15, 0.2) is 11.5 Å². The van der Waals surface area contributed by atoms with Crippen LogP contribution < -0.4 is 14.8 Å². The van der Waals surface area contributed by atoms with Gasteiger partial charge in [-0.1, -0.05) is 42.5 Å². The highest BCUT2D eigenvalue weighted by Crippen LogP contribution is 2.29. The Hall–Kier alpha value is -3.02. The van der Waals surface area contributed by atoms with Crippen LogP contribution in [0.5, 0.6) is 11.5 Å². The molecule has 0 unspecified atom stereocenters. The van der Waals surface area contributed by atoms with Crippen LogP contribution in [0.15, 0.2) is 79.1 Å². The van der Waals surface area contributed by atoms with E-state index in [0.717, 1.165) is 40.5 Å². The van der Waals surface area contributed by atoms with E-state index in [4.69, 9.17) is 9.47 Å². The van der Waals surface area contributed by atoms with Crippen molar-refractivity contribution in [1.82, 2.24) is 14.7 Å². The van der Waals surface area contributed by atoms with Gasteiger partial charge in [0, 0.05) is 25.5 Å². The lowest BCUT2D eigenvalue weighted by molar-refractivity contribution is 0.284. The standard InChI is InChI=1S/C23H23N3O2.ClH/c1-27-21-11-10-19(13-22(21)28-17-18-7-3-2-4-8-18)14-24-15-20-16-26-12-6-5-9-23(26)25-20;/h2-13,16,24H,14-15,17H2,1H3;1H. The lowest BCUT2D eigenvalue weighted by Gasteiger charge is -2.13. The molecule has 6 heteroatoms. The van der Waals surface area contributed by atoms with Gasteiger partial charge in [0.05, 0.1) is 12.8 Å². The lowest BCUT2D eigenvalue weighted by Crippen LogP contribution is -2.13. The Balaban J connectivity index is 0.00000240. The Morgan fingerprint density at radius 2 is 1.72 bits per heavy atom. The molecule has 0 amide bonds. The van der Waals surface area contributed by atoms with Crippen LogP contribution in [-0.4, -0.2) is 16.5 Å². The highest BCUT2D eigenvalue weighted by molar-refractivity contribution is 5.85. The average molecular weight is 410 g/mol. The lowest BCUT2D eigenvalue weighted by atomic mass is 10.2. The summed E-state index contributed by atoms with van der Waals surface area (Å²) < 4.78 is 13.5. The SMILES string of the molecule is COc1ccc(CNCc2cn3ccccc3n2)cc1OCc1ccccc1.Cl. The van der Waals surface area contributed by atoms with Gasteiger partial charge in [-0.2, -0.15) is 0 Å². The molecule has 2 aromatic carbocycles. The van der Waals surface area contributed by atoms with Crippen LogP contribution in [0.25, 0.3) is 5.65 Å². The Bertz CT molecular complexity index is 1020. The first-order chi connectivity index (χ1) is 13.8. The summed E-state index contributed by atoms with van der Waals surface area (Å²) in [5.41, 5.74) is 4.23. The highest BCUT2D eigenvalue weighted by Gasteiger charge is 2.07. The molecule has 0 atom stereocenters. The summed E-state index contributed by atoms with van der Waals surface area (Å²) in [6, 6.07) is 22.1. The highest BCUT2D eigenvalue weighted by atomic mass is 35.5. The molecule has 0 spiro atoms. The molecule has 0 aliphatic carbocycles. The van der Waals surface area contributed by atoms with Crippen molar-refractivity contribution in [2.24, 2.45) is 0 Å². The molecule has 4 rings (SSSR count). The van der Waals surface area contributed by atoms with Gasteiger partial charge in [0.1, 0.15) is 12.3 Å². The number of rotatable bonds is 8. The summed E-state index contributed by atoms with van der Waals surface area (Å²) in [7, 11) is 1.66. The first-order valence-electron chi connectivity index (χ1n) is 9.29. The molecule has 0 aliphatic rings. The normalized spacial score (nSPS) is 10.5. The van der Waals surface area contributed by atoms with Crippen molar-refractivity contribution in [3.63, 3.8) is 0 Å². The third-order valence-corrected chi connectivity index (χ3v) is 4.51. The summed E-state index contributed by atoms with van der Waals surface area (Å²) in [5.74, 6) is 1.48. The van der Waals surface area contributed by atoms with Crippen LogP contribution in [0, 0.1) is 0 Å². The predicted molar refractivity (Wildman–Crippen MR) is 117 cm³/mol. The van der Waals surface area contributed by atoms with Crippen LogP contribution in [0.1, 0.15) is 16.8 Å². The van der Waals surface area contributed by atoms with Gasteiger partial charge in [-0.05, 0) is 35.4 Å². The van der Waals surface area contributed by atoms with Gasteiger partial charge in [-0.3, -0.25) is 0 Å². The van der Waals surface area contributed by atoms with Crippen molar-refractivity contribution < 1.29 is 9.47 Å². The fraction of sp³-hybridized carbons (Fsp3) is 0.174. The quantitative estimate of drug-likeness (QED) is 0.460. The molecule has 0 fully saturated rings. The molecule has 0 saturated heterocycles. The second kappa shape index (κ2) is 9.96. The van der Waals surface area contributed by atoms with Crippen molar-refractivity contribution in [2.45, 2.75) is 19.7 Å². The molecule has 29 heavy (non-hydrogen) atoms. The number of nitrogens with zero attached hydrogens (tertiary/aromatic N) is 2. The zero-order chi connectivity index (χ0) is 19.2. The molecule has 2 aromatic heterocycles. The summed E-state index contributed by atoms with van der Waals surface area (Å²) in [6.07, 6.45) is 4.05. The maximum absolute atomic E-state index is 5.99. The number of hydrogen-bond acceptors (Lipinski definition) is 4. The molecule has 1 N–H and O–H groups in total. The van der Waals surface area contributed by atoms with Gasteiger partial charge in [-0.15, -0.1) is 12.4 Å². The summed E-state index contributed by atoms with van der Waals surface area (Å²) in [4.78, 5) is 4.61. The third kappa shape index (κ3) is 5.28. The summed E-state index contributed by atoms with van der Waals surface area (Å²) in [6.45, 7) is 1.93. The minimum atomic E-state index is 0. The van der Waals surface area contributed by atoms with Crippen molar-refractivity contribution in [1.29, 1.82) is 0 Å². The molecular weight excluding hydrogens is 386 g/mol. The minimum Gasteiger partial charge on any atom is -0.493 e. The number of hydrogen-bond donors (Lipinski definition) is 1. The van der Waals surface area contributed by atoms with E-state index in [9.17, 15) is 0 Å². The number of halogens is 1. The summed E-state index contributed by atoms with van der Waals surface area (Å²) >= 11 is 0. The Morgan fingerprint density at radius 1 is 0.897 bits per heavy atom. The molecule has 0 bridgehead atoms. The van der Waals surface area contributed by atoms with E-state index >= 15 is 0 Å². The number of pyridine rings is 1. The van der Waals surface area contributed by atoms with Gasteiger partial charge < -0.3 is 19.2 Å². The average Bonchev–Trinajstić information content (AvgIpc) is 3.16. The number of benzene rings is 2. The Labute approximate surface area is 176 Å². The van der Waals surface area contributed by atoms with E-state index in [1.54, 1.807) is 7.11 Å². The van der Waals surface area contributed by atoms with E-state index in [1.807, 2.05) is 83.5 Å². The van der Waals surface area contributed by atoms with Gasteiger partial charge in [-0.25, -0.2) is 4.98 Å². The molecule has 0 aliphatic heterocycles. The second-order valence-corrected chi connectivity index (χ2v) is 6.56. The molecule has 2 heterocycles. The van der Waals surface area contributed by atoms with Crippen molar-refractivity contribution in [3.8, 4) is 11.5 Å². The van der Waals surface area contributed by atoms with E-state index in [-0.39, 0.29) is 12.4 Å². The van der Waals surface area contributed by atoms with Gasteiger partial charge >= 0.3 is 0 Å². The summed E-state index contributed by atoms with van der Waals surface area (Å²) in [5, 5.41) is 3.45. The molecule has 4 aromatic rings. The first kappa shape index (κ1) is 20.7. The minimum absolute atomic E-state index is 0. The van der Waals surface area contributed by atoms with Crippen LogP contribution in [0.2, 0.25) is 0 Å². The fourth-order valence-electron chi connectivity index (χ4n) is 3.09. The topological polar surface area (TPSA) is 47.8 Å². The Kier molecular flexibility index (Phi) is 7.11. The van der Waals surface area contributed by atoms with E-state index in [2.05, 4.69) is 10.3 Å². The zero-order valence-electron chi connectivity index (χ0n) is 16.2. The Morgan fingerprint density at radius 3 is 2.52 bits per heavy atom. The van der Waals surface area contributed by atoms with E-state index in [0.29, 0.717) is 13.2 Å². The predicted octanol–water partition coefficient (Wildman–Crippen LogP) is 4.63. The second-order valence-electron chi connectivity index (χ2n) is 6.56.